The summed E-state index contributed by atoms with van der Waals surface area (Å²) in [4.78, 5) is 0. The van der Waals surface area contributed by atoms with Gasteiger partial charge < -0.3 is 10.5 Å². The largest absolute Gasteiger partial charge is 0.489 e. The first-order chi connectivity index (χ1) is 9.60. The summed E-state index contributed by atoms with van der Waals surface area (Å²) >= 11 is 12.0. The number of rotatable bonds is 5. The lowest BCUT2D eigenvalue weighted by atomic mass is 10.1. The predicted octanol–water partition coefficient (Wildman–Crippen LogP) is 4.21. The van der Waals surface area contributed by atoms with Crippen LogP contribution in [0.4, 0.5) is 4.39 Å². The fourth-order valence-electron chi connectivity index (χ4n) is 1.84. The lowest BCUT2D eigenvalue weighted by Gasteiger charge is -2.10. The third kappa shape index (κ3) is 3.85. The quantitative estimate of drug-likeness (QED) is 0.897. The second-order valence-corrected chi connectivity index (χ2v) is 5.12. The molecule has 2 aromatic carbocycles. The lowest BCUT2D eigenvalue weighted by Crippen LogP contribution is -2.04. The van der Waals surface area contributed by atoms with Crippen molar-refractivity contribution in [1.82, 2.24) is 0 Å². The van der Waals surface area contributed by atoms with Crippen LogP contribution >= 0.6 is 23.2 Å². The minimum Gasteiger partial charge on any atom is -0.489 e. The van der Waals surface area contributed by atoms with E-state index < -0.39 is 0 Å². The maximum atomic E-state index is 13.5. The molecule has 2 aromatic rings. The van der Waals surface area contributed by atoms with Crippen LogP contribution in [-0.2, 0) is 13.0 Å². The van der Waals surface area contributed by atoms with Gasteiger partial charge in [0.15, 0.2) is 0 Å². The van der Waals surface area contributed by atoms with Crippen molar-refractivity contribution in [2.24, 2.45) is 5.73 Å². The average molecular weight is 314 g/mol. The topological polar surface area (TPSA) is 35.2 Å². The number of hydrogen-bond acceptors (Lipinski definition) is 2. The van der Waals surface area contributed by atoms with E-state index in [1.54, 1.807) is 18.2 Å². The molecule has 0 radical (unpaired) electrons. The molecule has 0 heterocycles. The Labute approximate surface area is 127 Å². The Kier molecular flexibility index (Phi) is 5.24. The summed E-state index contributed by atoms with van der Waals surface area (Å²) in [5.41, 5.74) is 7.03. The van der Waals surface area contributed by atoms with Gasteiger partial charge in [0.2, 0.25) is 0 Å². The van der Waals surface area contributed by atoms with Crippen LogP contribution in [0.2, 0.25) is 10.0 Å². The van der Waals surface area contributed by atoms with E-state index in [2.05, 4.69) is 0 Å². The Bertz CT molecular complexity index is 604. The summed E-state index contributed by atoms with van der Waals surface area (Å²) in [6.45, 7) is 0.688. The van der Waals surface area contributed by atoms with Crippen LogP contribution in [0.1, 0.15) is 11.1 Å². The minimum atomic E-state index is -0.344. The Morgan fingerprint density at radius 3 is 2.70 bits per heavy atom. The van der Waals surface area contributed by atoms with Crippen molar-refractivity contribution in [3.05, 3.63) is 63.4 Å². The number of halogens is 3. The van der Waals surface area contributed by atoms with Crippen molar-refractivity contribution in [3.8, 4) is 5.75 Å². The summed E-state index contributed by atoms with van der Waals surface area (Å²) in [6, 6.07) is 9.86. The molecule has 0 amide bonds. The Morgan fingerprint density at radius 2 is 1.95 bits per heavy atom. The molecule has 5 heteroatoms. The Balaban J connectivity index is 2.12. The van der Waals surface area contributed by atoms with Gasteiger partial charge in [0.05, 0.1) is 10.0 Å². The van der Waals surface area contributed by atoms with Crippen molar-refractivity contribution in [2.75, 3.05) is 6.54 Å². The molecule has 0 aliphatic heterocycles. The van der Waals surface area contributed by atoms with Crippen LogP contribution in [0, 0.1) is 5.82 Å². The van der Waals surface area contributed by atoms with E-state index in [9.17, 15) is 4.39 Å². The van der Waals surface area contributed by atoms with Crippen molar-refractivity contribution in [3.63, 3.8) is 0 Å². The molecule has 2 N–H and O–H groups in total. The first-order valence-corrected chi connectivity index (χ1v) is 6.91. The van der Waals surface area contributed by atoms with Gasteiger partial charge in [-0.15, -0.1) is 0 Å². The van der Waals surface area contributed by atoms with Crippen LogP contribution in [0.15, 0.2) is 36.4 Å². The highest BCUT2D eigenvalue weighted by molar-refractivity contribution is 6.42. The molecule has 0 aliphatic carbocycles. The van der Waals surface area contributed by atoms with Crippen LogP contribution in [0.25, 0.3) is 0 Å². The Hall–Kier alpha value is -1.29. The molecule has 0 aliphatic rings. The summed E-state index contributed by atoms with van der Waals surface area (Å²) in [5, 5.41) is 0.920. The van der Waals surface area contributed by atoms with Crippen LogP contribution in [0.3, 0.4) is 0 Å². The van der Waals surface area contributed by atoms with Gasteiger partial charge in [-0.3, -0.25) is 0 Å². The van der Waals surface area contributed by atoms with Gasteiger partial charge in [0, 0.05) is 11.6 Å². The van der Waals surface area contributed by atoms with Gasteiger partial charge in [0.1, 0.15) is 18.2 Å². The molecule has 0 saturated heterocycles. The second-order valence-electron chi connectivity index (χ2n) is 4.34. The highest BCUT2D eigenvalue weighted by atomic mass is 35.5. The van der Waals surface area contributed by atoms with E-state index in [-0.39, 0.29) is 12.4 Å². The molecule has 0 saturated carbocycles. The first-order valence-electron chi connectivity index (χ1n) is 6.15. The normalized spacial score (nSPS) is 10.6. The molecular formula is C15H14Cl2FNO. The highest BCUT2D eigenvalue weighted by Crippen LogP contribution is 2.27. The summed E-state index contributed by atoms with van der Waals surface area (Å²) in [6.07, 6.45) is 0.603. The van der Waals surface area contributed by atoms with E-state index in [0.29, 0.717) is 28.8 Å². The molecule has 0 unspecified atom stereocenters. The summed E-state index contributed by atoms with van der Waals surface area (Å²) in [7, 11) is 0. The van der Waals surface area contributed by atoms with Gasteiger partial charge in [-0.05, 0) is 36.7 Å². The maximum Gasteiger partial charge on any atom is 0.127 e. The van der Waals surface area contributed by atoms with Crippen LogP contribution < -0.4 is 10.5 Å². The molecule has 0 atom stereocenters. The zero-order chi connectivity index (χ0) is 14.5. The van der Waals surface area contributed by atoms with E-state index in [1.165, 1.54) is 12.1 Å². The molecule has 2 nitrogen and oxygen atoms in total. The third-order valence-corrected chi connectivity index (χ3v) is 3.65. The zero-order valence-corrected chi connectivity index (χ0v) is 12.2. The lowest BCUT2D eigenvalue weighted by molar-refractivity contribution is 0.304. The second kappa shape index (κ2) is 6.93. The van der Waals surface area contributed by atoms with E-state index in [1.807, 2.05) is 6.07 Å². The van der Waals surface area contributed by atoms with Gasteiger partial charge in [0.25, 0.3) is 0 Å². The van der Waals surface area contributed by atoms with Crippen molar-refractivity contribution in [1.29, 1.82) is 0 Å². The van der Waals surface area contributed by atoms with Gasteiger partial charge in [-0.25, -0.2) is 4.39 Å². The molecule has 2 rings (SSSR count). The van der Waals surface area contributed by atoms with E-state index >= 15 is 0 Å². The molecule has 0 fully saturated rings. The fraction of sp³-hybridized carbons (Fsp3) is 0.200. The molecule has 0 spiro atoms. The monoisotopic (exact) mass is 313 g/mol. The molecule has 20 heavy (non-hydrogen) atoms. The fourth-order valence-corrected chi connectivity index (χ4v) is 2.21. The first kappa shape index (κ1) is 15.1. The average Bonchev–Trinajstić information content (AvgIpc) is 2.40. The SMILES string of the molecule is NCCc1cc(F)cc(OCc2cccc(Cl)c2Cl)c1. The minimum absolute atomic E-state index is 0.227. The maximum absolute atomic E-state index is 13.5. The van der Waals surface area contributed by atoms with E-state index in [4.69, 9.17) is 33.7 Å². The van der Waals surface area contributed by atoms with Gasteiger partial charge >= 0.3 is 0 Å². The molecule has 106 valence electrons. The van der Waals surface area contributed by atoms with Crippen molar-refractivity contribution in [2.45, 2.75) is 13.0 Å². The number of nitrogens with two attached hydrogens (primary N) is 1. The number of benzene rings is 2. The zero-order valence-electron chi connectivity index (χ0n) is 10.7. The van der Waals surface area contributed by atoms with Crippen molar-refractivity contribution >= 4 is 23.2 Å². The Morgan fingerprint density at radius 1 is 1.15 bits per heavy atom. The number of ether oxygens (including phenoxy) is 1. The molecule has 0 bridgehead atoms. The highest BCUT2D eigenvalue weighted by Gasteiger charge is 2.06. The molecular weight excluding hydrogens is 300 g/mol. The van der Waals surface area contributed by atoms with Crippen LogP contribution in [-0.4, -0.2) is 6.54 Å². The van der Waals surface area contributed by atoms with E-state index in [0.717, 1.165) is 11.1 Å². The predicted molar refractivity (Wildman–Crippen MR) is 80.0 cm³/mol. The summed E-state index contributed by atoms with van der Waals surface area (Å²) < 4.78 is 19.0. The van der Waals surface area contributed by atoms with Crippen molar-refractivity contribution < 1.29 is 9.13 Å². The van der Waals surface area contributed by atoms with Gasteiger partial charge in [-0.1, -0.05) is 35.3 Å². The van der Waals surface area contributed by atoms with Gasteiger partial charge in [-0.2, -0.15) is 0 Å². The standard InChI is InChI=1S/C15H14Cl2FNO/c16-14-3-1-2-11(15(14)17)9-20-13-7-10(4-5-19)6-12(18)8-13/h1-3,6-8H,4-5,9,19H2. The summed E-state index contributed by atoms with van der Waals surface area (Å²) in [5.74, 6) is 0.104. The third-order valence-electron chi connectivity index (χ3n) is 2.79. The van der Waals surface area contributed by atoms with Crippen LogP contribution in [0.5, 0.6) is 5.75 Å². The number of hydrogen-bond donors (Lipinski definition) is 1. The smallest absolute Gasteiger partial charge is 0.127 e. The molecule has 0 aromatic heterocycles.